The second kappa shape index (κ2) is 4.10. The summed E-state index contributed by atoms with van der Waals surface area (Å²) < 4.78 is 0. The van der Waals surface area contributed by atoms with Gasteiger partial charge in [0.25, 0.3) is 0 Å². The molecule has 2 N–H and O–H groups in total. The molecule has 1 aliphatic rings. The number of carboxylic acid groups (broad SMARTS) is 1. The molecule has 1 saturated heterocycles. The predicted octanol–water partition coefficient (Wildman–Crippen LogP) is 0.944. The highest BCUT2D eigenvalue weighted by molar-refractivity contribution is 5.66. The first-order valence-electron chi connectivity index (χ1n) is 5.41. The van der Waals surface area contributed by atoms with Crippen molar-refractivity contribution in [1.82, 2.24) is 4.90 Å². The van der Waals surface area contributed by atoms with Gasteiger partial charge in [0.2, 0.25) is 0 Å². The zero-order chi connectivity index (χ0) is 11.7. The zero-order valence-corrected chi connectivity index (χ0v) is 9.79. The second-order valence-corrected chi connectivity index (χ2v) is 5.33. The Balaban J connectivity index is 2.51. The van der Waals surface area contributed by atoms with E-state index in [0.717, 1.165) is 13.1 Å². The molecular weight excluding hydrogens is 194 g/mol. The van der Waals surface area contributed by atoms with Crippen LogP contribution < -0.4 is 0 Å². The number of hydrogen-bond acceptors (Lipinski definition) is 3. The Labute approximate surface area is 90.9 Å². The van der Waals surface area contributed by atoms with Crippen molar-refractivity contribution in [3.05, 3.63) is 0 Å². The topological polar surface area (TPSA) is 60.8 Å². The molecule has 0 saturated carbocycles. The van der Waals surface area contributed by atoms with Crippen molar-refractivity contribution in [2.45, 2.75) is 39.2 Å². The van der Waals surface area contributed by atoms with Gasteiger partial charge >= 0.3 is 5.97 Å². The number of carbonyl (C=O) groups is 1. The molecule has 0 unspecified atom stereocenters. The minimum atomic E-state index is -0.759. The molecule has 0 aromatic carbocycles. The van der Waals surface area contributed by atoms with Gasteiger partial charge in [0, 0.05) is 25.0 Å². The first-order chi connectivity index (χ1) is 6.74. The SMILES string of the molecule is CC1(C)CN(CCC(=O)O)CC[C@]1(C)O. The van der Waals surface area contributed by atoms with Crippen LogP contribution in [0.5, 0.6) is 0 Å². The van der Waals surface area contributed by atoms with Crippen molar-refractivity contribution in [1.29, 1.82) is 0 Å². The minimum absolute atomic E-state index is 0.177. The number of hydrogen-bond donors (Lipinski definition) is 2. The molecule has 1 aliphatic heterocycles. The van der Waals surface area contributed by atoms with Gasteiger partial charge in [0.15, 0.2) is 0 Å². The highest BCUT2D eigenvalue weighted by atomic mass is 16.4. The van der Waals surface area contributed by atoms with Crippen LogP contribution in [-0.2, 0) is 4.79 Å². The minimum Gasteiger partial charge on any atom is -0.481 e. The van der Waals surface area contributed by atoms with Crippen LogP contribution >= 0.6 is 0 Å². The molecule has 0 aromatic heterocycles. The normalized spacial score (nSPS) is 31.5. The third-order valence-corrected chi connectivity index (χ3v) is 3.63. The lowest BCUT2D eigenvalue weighted by Crippen LogP contribution is -2.55. The molecule has 4 heteroatoms. The van der Waals surface area contributed by atoms with Gasteiger partial charge in [-0.05, 0) is 13.3 Å². The standard InChI is InChI=1S/C11H21NO3/c1-10(2)8-12(6-4-9(13)14)7-5-11(10,3)15/h15H,4-8H2,1-3H3,(H,13,14)/t11-/m0/s1. The van der Waals surface area contributed by atoms with Crippen LogP contribution in [-0.4, -0.2) is 46.3 Å². The molecule has 1 fully saturated rings. The van der Waals surface area contributed by atoms with E-state index >= 15 is 0 Å². The van der Waals surface area contributed by atoms with E-state index in [1.165, 1.54) is 0 Å². The Morgan fingerprint density at radius 3 is 2.47 bits per heavy atom. The third-order valence-electron chi connectivity index (χ3n) is 3.63. The van der Waals surface area contributed by atoms with Crippen molar-refractivity contribution in [3.63, 3.8) is 0 Å². The van der Waals surface area contributed by atoms with Gasteiger partial charge in [0.1, 0.15) is 0 Å². The summed E-state index contributed by atoms with van der Waals surface area (Å²) >= 11 is 0. The van der Waals surface area contributed by atoms with Crippen molar-refractivity contribution in [2.75, 3.05) is 19.6 Å². The Morgan fingerprint density at radius 1 is 1.40 bits per heavy atom. The van der Waals surface area contributed by atoms with E-state index in [4.69, 9.17) is 5.11 Å². The summed E-state index contributed by atoms with van der Waals surface area (Å²) in [5, 5.41) is 18.8. The van der Waals surface area contributed by atoms with Gasteiger partial charge in [-0.2, -0.15) is 0 Å². The highest BCUT2D eigenvalue weighted by Crippen LogP contribution is 2.37. The summed E-state index contributed by atoms with van der Waals surface area (Å²) in [5.41, 5.74) is -0.823. The van der Waals surface area contributed by atoms with Crippen LogP contribution in [0.15, 0.2) is 0 Å². The van der Waals surface area contributed by atoms with Crippen molar-refractivity contribution in [2.24, 2.45) is 5.41 Å². The third kappa shape index (κ3) is 2.92. The van der Waals surface area contributed by atoms with Crippen LogP contribution in [0.1, 0.15) is 33.6 Å². The summed E-state index contributed by atoms with van der Waals surface area (Å²) in [7, 11) is 0. The number of rotatable bonds is 3. The van der Waals surface area contributed by atoms with Crippen LogP contribution in [0, 0.1) is 5.41 Å². The predicted molar refractivity (Wildman–Crippen MR) is 57.7 cm³/mol. The van der Waals surface area contributed by atoms with E-state index in [1.807, 2.05) is 20.8 Å². The summed E-state index contributed by atoms with van der Waals surface area (Å²) in [4.78, 5) is 12.6. The molecule has 4 nitrogen and oxygen atoms in total. The number of aliphatic carboxylic acids is 1. The lowest BCUT2D eigenvalue weighted by atomic mass is 9.71. The Morgan fingerprint density at radius 2 is 2.00 bits per heavy atom. The van der Waals surface area contributed by atoms with Gasteiger partial charge in [-0.25, -0.2) is 0 Å². The first-order valence-corrected chi connectivity index (χ1v) is 5.41. The van der Waals surface area contributed by atoms with Crippen molar-refractivity contribution < 1.29 is 15.0 Å². The average molecular weight is 215 g/mol. The lowest BCUT2D eigenvalue weighted by Gasteiger charge is -2.48. The molecule has 0 spiro atoms. The maximum absolute atomic E-state index is 10.5. The summed E-state index contributed by atoms with van der Waals surface area (Å²) in [6, 6.07) is 0. The van der Waals surface area contributed by atoms with E-state index in [9.17, 15) is 9.90 Å². The number of nitrogens with zero attached hydrogens (tertiary/aromatic N) is 1. The second-order valence-electron chi connectivity index (χ2n) is 5.33. The molecule has 88 valence electrons. The molecule has 0 bridgehead atoms. The average Bonchev–Trinajstić information content (AvgIpc) is 2.07. The molecule has 15 heavy (non-hydrogen) atoms. The number of piperidine rings is 1. The van der Waals surface area contributed by atoms with Gasteiger partial charge < -0.3 is 15.1 Å². The van der Waals surface area contributed by atoms with Gasteiger partial charge in [-0.3, -0.25) is 4.79 Å². The molecule has 1 rings (SSSR count). The van der Waals surface area contributed by atoms with Gasteiger partial charge in [-0.1, -0.05) is 13.8 Å². The number of carboxylic acids is 1. The Hall–Kier alpha value is -0.610. The first kappa shape index (κ1) is 12.5. The molecule has 0 radical (unpaired) electrons. The maximum Gasteiger partial charge on any atom is 0.304 e. The van der Waals surface area contributed by atoms with Crippen LogP contribution in [0.25, 0.3) is 0 Å². The van der Waals surface area contributed by atoms with Crippen molar-refractivity contribution >= 4 is 5.97 Å². The fraction of sp³-hybridized carbons (Fsp3) is 0.909. The largest absolute Gasteiger partial charge is 0.481 e. The monoisotopic (exact) mass is 215 g/mol. The van der Waals surface area contributed by atoms with E-state index in [-0.39, 0.29) is 11.8 Å². The number of aliphatic hydroxyl groups is 1. The summed E-state index contributed by atoms with van der Waals surface area (Å²) in [6.07, 6.45) is 0.887. The van der Waals surface area contributed by atoms with Crippen LogP contribution in [0.4, 0.5) is 0 Å². The molecule has 1 heterocycles. The van der Waals surface area contributed by atoms with E-state index in [0.29, 0.717) is 13.0 Å². The highest BCUT2D eigenvalue weighted by Gasteiger charge is 2.43. The number of likely N-dealkylation sites (tertiary alicyclic amines) is 1. The van der Waals surface area contributed by atoms with Crippen LogP contribution in [0.3, 0.4) is 0 Å². The maximum atomic E-state index is 10.5. The van der Waals surface area contributed by atoms with E-state index < -0.39 is 11.6 Å². The van der Waals surface area contributed by atoms with Gasteiger partial charge in [-0.15, -0.1) is 0 Å². The van der Waals surface area contributed by atoms with Crippen LogP contribution in [0.2, 0.25) is 0 Å². The fourth-order valence-electron chi connectivity index (χ4n) is 1.97. The quantitative estimate of drug-likeness (QED) is 0.735. The molecular formula is C11H21NO3. The Bertz CT molecular complexity index is 248. The molecule has 0 amide bonds. The summed E-state index contributed by atoms with van der Waals surface area (Å²) in [6.45, 7) is 8.03. The Kier molecular flexibility index (Phi) is 3.41. The lowest BCUT2D eigenvalue weighted by molar-refractivity contribution is -0.138. The van der Waals surface area contributed by atoms with E-state index in [2.05, 4.69) is 4.90 Å². The zero-order valence-electron chi connectivity index (χ0n) is 9.79. The smallest absolute Gasteiger partial charge is 0.304 e. The van der Waals surface area contributed by atoms with E-state index in [1.54, 1.807) is 0 Å². The van der Waals surface area contributed by atoms with Crippen molar-refractivity contribution in [3.8, 4) is 0 Å². The molecule has 0 aliphatic carbocycles. The molecule has 1 atom stereocenters. The van der Waals surface area contributed by atoms with Gasteiger partial charge in [0.05, 0.1) is 12.0 Å². The summed E-state index contributed by atoms with van der Waals surface area (Å²) in [5.74, 6) is -0.759. The molecule has 0 aromatic rings. The fourth-order valence-corrected chi connectivity index (χ4v) is 1.97.